The summed E-state index contributed by atoms with van der Waals surface area (Å²) in [5.74, 6) is 0.377. The van der Waals surface area contributed by atoms with Crippen molar-refractivity contribution in [2.75, 3.05) is 5.32 Å². The average Bonchev–Trinajstić information content (AvgIpc) is 3.05. The maximum absolute atomic E-state index is 11.9. The number of anilines is 1. The molecule has 1 aromatic carbocycles. The first-order valence-corrected chi connectivity index (χ1v) is 8.77. The molecule has 0 aliphatic carbocycles. The first-order valence-electron chi connectivity index (χ1n) is 7.89. The summed E-state index contributed by atoms with van der Waals surface area (Å²) in [6, 6.07) is 13.6. The second-order valence-corrected chi connectivity index (χ2v) is 6.84. The summed E-state index contributed by atoms with van der Waals surface area (Å²) in [6.07, 6.45) is 2.28. The van der Waals surface area contributed by atoms with Crippen LogP contribution >= 0.6 is 11.3 Å². The van der Waals surface area contributed by atoms with E-state index >= 15 is 0 Å². The van der Waals surface area contributed by atoms with Crippen LogP contribution in [0.25, 0.3) is 22.0 Å². The molecule has 0 aliphatic rings. The van der Waals surface area contributed by atoms with Gasteiger partial charge in [-0.15, -0.1) is 11.3 Å². The van der Waals surface area contributed by atoms with Crippen LogP contribution in [0.4, 0.5) is 5.69 Å². The Morgan fingerprint density at radius 2 is 2.04 bits per heavy atom. The minimum atomic E-state index is 0.0367. The zero-order valence-electron chi connectivity index (χ0n) is 13.7. The topological polar surface area (TPSA) is 54.9 Å². The quantitative estimate of drug-likeness (QED) is 0.723. The lowest BCUT2D eigenvalue weighted by molar-refractivity contribution is -0.116. The number of pyridine rings is 1. The van der Waals surface area contributed by atoms with E-state index in [2.05, 4.69) is 15.3 Å². The lowest BCUT2D eigenvalue weighted by Gasteiger charge is -2.08. The molecule has 2 heterocycles. The molecular formula is C19H19N3OS. The molecule has 0 aliphatic heterocycles. The highest BCUT2D eigenvalue weighted by Gasteiger charge is 2.09. The zero-order valence-corrected chi connectivity index (χ0v) is 14.5. The molecule has 4 nitrogen and oxygen atoms in total. The largest absolute Gasteiger partial charge is 0.326 e. The van der Waals surface area contributed by atoms with Gasteiger partial charge in [0.2, 0.25) is 5.91 Å². The van der Waals surface area contributed by atoms with E-state index in [4.69, 9.17) is 0 Å². The molecular weight excluding hydrogens is 318 g/mol. The van der Waals surface area contributed by atoms with Crippen LogP contribution < -0.4 is 5.32 Å². The van der Waals surface area contributed by atoms with Crippen molar-refractivity contribution >= 4 is 22.9 Å². The smallest absolute Gasteiger partial charge is 0.224 e. The Balaban J connectivity index is 1.79. The van der Waals surface area contributed by atoms with Crippen molar-refractivity contribution in [1.82, 2.24) is 9.97 Å². The van der Waals surface area contributed by atoms with E-state index in [9.17, 15) is 4.79 Å². The summed E-state index contributed by atoms with van der Waals surface area (Å²) >= 11 is 1.56. The maximum Gasteiger partial charge on any atom is 0.224 e. The van der Waals surface area contributed by atoms with Crippen LogP contribution in [0.15, 0.2) is 54.0 Å². The fourth-order valence-corrected chi connectivity index (χ4v) is 3.16. The van der Waals surface area contributed by atoms with Crippen LogP contribution in [0, 0.1) is 5.92 Å². The van der Waals surface area contributed by atoms with Gasteiger partial charge in [0.15, 0.2) is 0 Å². The van der Waals surface area contributed by atoms with Crippen LogP contribution in [0.2, 0.25) is 0 Å². The Morgan fingerprint density at radius 1 is 1.17 bits per heavy atom. The molecule has 1 N–H and O–H groups in total. The molecule has 0 saturated carbocycles. The molecule has 2 aromatic heterocycles. The van der Waals surface area contributed by atoms with Crippen LogP contribution in [-0.2, 0) is 4.79 Å². The number of nitrogens with one attached hydrogen (secondary N) is 1. The molecule has 1 amide bonds. The lowest BCUT2D eigenvalue weighted by atomic mass is 10.1. The normalized spacial score (nSPS) is 10.8. The van der Waals surface area contributed by atoms with Gasteiger partial charge in [0.1, 0.15) is 5.01 Å². The highest BCUT2D eigenvalue weighted by molar-refractivity contribution is 7.13. The van der Waals surface area contributed by atoms with Gasteiger partial charge in [-0.25, -0.2) is 4.98 Å². The lowest BCUT2D eigenvalue weighted by Crippen LogP contribution is -2.13. The number of thiazole rings is 1. The third-order valence-corrected chi connectivity index (χ3v) is 4.29. The molecule has 3 rings (SSSR count). The van der Waals surface area contributed by atoms with E-state index < -0.39 is 0 Å². The fraction of sp³-hybridized carbons (Fsp3) is 0.211. The molecule has 24 heavy (non-hydrogen) atoms. The fourth-order valence-electron chi connectivity index (χ4n) is 2.35. The van der Waals surface area contributed by atoms with E-state index in [0.29, 0.717) is 12.3 Å². The molecule has 0 spiro atoms. The van der Waals surface area contributed by atoms with Gasteiger partial charge >= 0.3 is 0 Å². The first kappa shape index (κ1) is 16.3. The number of carbonyl (C=O) groups excluding carboxylic acids is 1. The first-order chi connectivity index (χ1) is 11.6. The third-order valence-electron chi connectivity index (χ3n) is 3.42. The molecule has 0 bridgehead atoms. The Hall–Kier alpha value is -2.53. The van der Waals surface area contributed by atoms with Crippen molar-refractivity contribution in [2.45, 2.75) is 20.3 Å². The van der Waals surface area contributed by atoms with E-state index in [1.54, 1.807) is 17.5 Å². The summed E-state index contributed by atoms with van der Waals surface area (Å²) in [7, 11) is 0. The van der Waals surface area contributed by atoms with Crippen LogP contribution in [0.5, 0.6) is 0 Å². The van der Waals surface area contributed by atoms with E-state index in [1.807, 2.05) is 61.7 Å². The minimum Gasteiger partial charge on any atom is -0.326 e. The van der Waals surface area contributed by atoms with Gasteiger partial charge in [0.05, 0.1) is 11.4 Å². The van der Waals surface area contributed by atoms with Gasteiger partial charge in [0.25, 0.3) is 0 Å². The number of hydrogen-bond donors (Lipinski definition) is 1. The molecule has 0 radical (unpaired) electrons. The Bertz CT molecular complexity index is 827. The van der Waals surface area contributed by atoms with Crippen LogP contribution in [0.3, 0.4) is 0 Å². The zero-order chi connectivity index (χ0) is 16.9. The SMILES string of the molecule is CC(C)CC(=O)Nc1cccc(-c2csc(-c3ccccn3)n2)c1. The van der Waals surface area contributed by atoms with Gasteiger partial charge in [0, 0.05) is 29.2 Å². The predicted octanol–water partition coefficient (Wildman–Crippen LogP) is 4.86. The second kappa shape index (κ2) is 7.36. The standard InChI is InChI=1S/C19H19N3OS/c1-13(2)10-18(23)21-15-7-5-6-14(11-15)17-12-24-19(22-17)16-8-3-4-9-20-16/h3-9,11-13H,10H2,1-2H3,(H,21,23). The number of nitrogens with zero attached hydrogens (tertiary/aromatic N) is 2. The van der Waals surface area contributed by atoms with E-state index in [1.165, 1.54) is 0 Å². The summed E-state index contributed by atoms with van der Waals surface area (Å²) in [5.41, 5.74) is 3.54. The monoisotopic (exact) mass is 337 g/mol. The van der Waals surface area contributed by atoms with Crippen molar-refractivity contribution < 1.29 is 4.79 Å². The maximum atomic E-state index is 11.9. The summed E-state index contributed by atoms with van der Waals surface area (Å²) < 4.78 is 0. The van der Waals surface area contributed by atoms with E-state index in [0.717, 1.165) is 27.6 Å². The van der Waals surface area contributed by atoms with Gasteiger partial charge in [-0.2, -0.15) is 0 Å². The van der Waals surface area contributed by atoms with Crippen molar-refractivity contribution in [1.29, 1.82) is 0 Å². The second-order valence-electron chi connectivity index (χ2n) is 5.98. The van der Waals surface area contributed by atoms with Gasteiger partial charge in [-0.05, 0) is 30.2 Å². The minimum absolute atomic E-state index is 0.0367. The van der Waals surface area contributed by atoms with Crippen molar-refractivity contribution in [3.8, 4) is 22.0 Å². The Morgan fingerprint density at radius 3 is 2.79 bits per heavy atom. The van der Waals surface area contributed by atoms with Crippen molar-refractivity contribution in [3.05, 3.63) is 54.0 Å². The number of hydrogen-bond acceptors (Lipinski definition) is 4. The van der Waals surface area contributed by atoms with Crippen molar-refractivity contribution in [3.63, 3.8) is 0 Å². The molecule has 3 aromatic rings. The summed E-state index contributed by atoms with van der Waals surface area (Å²) in [5, 5.41) is 5.85. The Kier molecular flexibility index (Phi) is 5.01. The highest BCUT2D eigenvalue weighted by Crippen LogP contribution is 2.29. The van der Waals surface area contributed by atoms with Gasteiger partial charge in [-0.3, -0.25) is 9.78 Å². The average molecular weight is 337 g/mol. The number of amides is 1. The summed E-state index contributed by atoms with van der Waals surface area (Å²) in [4.78, 5) is 20.9. The van der Waals surface area contributed by atoms with Crippen LogP contribution in [0.1, 0.15) is 20.3 Å². The predicted molar refractivity (Wildman–Crippen MR) is 98.9 cm³/mol. The number of benzene rings is 1. The molecule has 0 fully saturated rings. The van der Waals surface area contributed by atoms with Crippen molar-refractivity contribution in [2.24, 2.45) is 5.92 Å². The number of carbonyl (C=O) groups is 1. The summed E-state index contributed by atoms with van der Waals surface area (Å²) in [6.45, 7) is 4.06. The van der Waals surface area contributed by atoms with Crippen LogP contribution in [-0.4, -0.2) is 15.9 Å². The molecule has 0 saturated heterocycles. The number of aromatic nitrogens is 2. The molecule has 122 valence electrons. The van der Waals surface area contributed by atoms with Gasteiger partial charge in [-0.1, -0.05) is 32.0 Å². The highest BCUT2D eigenvalue weighted by atomic mass is 32.1. The molecule has 5 heteroatoms. The molecule has 0 atom stereocenters. The third kappa shape index (κ3) is 4.06. The van der Waals surface area contributed by atoms with Gasteiger partial charge < -0.3 is 5.32 Å². The number of rotatable bonds is 5. The van der Waals surface area contributed by atoms with E-state index in [-0.39, 0.29) is 5.91 Å². The molecule has 0 unspecified atom stereocenters. The Labute approximate surface area is 145 Å².